The van der Waals surface area contributed by atoms with Gasteiger partial charge >= 0.3 is 5.97 Å². The normalized spacial score (nSPS) is 11.0. The predicted molar refractivity (Wildman–Crippen MR) is 115 cm³/mol. The van der Waals surface area contributed by atoms with Crippen LogP contribution in [-0.4, -0.2) is 11.8 Å². The maximum atomic E-state index is 13.3. The number of esters is 1. The van der Waals surface area contributed by atoms with Gasteiger partial charge in [0.15, 0.2) is 5.78 Å². The summed E-state index contributed by atoms with van der Waals surface area (Å²) in [5.41, 5.74) is 2.52. The van der Waals surface area contributed by atoms with Gasteiger partial charge < -0.3 is 4.74 Å². The fourth-order valence-corrected chi connectivity index (χ4v) is 3.26. The number of carbonyl (C=O) groups excluding carboxylic acids is 2. The Balaban J connectivity index is 0.00000145. The first-order valence-electron chi connectivity index (χ1n) is 8.83. The zero-order valence-corrected chi connectivity index (χ0v) is 17.6. The predicted octanol–water partition coefficient (Wildman–Crippen LogP) is 5.83. The number of carbonyl (C=O) groups is 2. The van der Waals surface area contributed by atoms with Gasteiger partial charge in [0.05, 0.1) is 5.02 Å². The van der Waals surface area contributed by atoms with Gasteiger partial charge in [0.2, 0.25) is 0 Å². The van der Waals surface area contributed by atoms with Crippen molar-refractivity contribution in [3.8, 4) is 0 Å². The number of ether oxygens (including phenoxy) is 1. The molecule has 0 radical (unpaired) electrons. The van der Waals surface area contributed by atoms with Gasteiger partial charge in [-0.1, -0.05) is 84.4 Å². The molecule has 3 rings (SSSR count). The molecule has 4 nitrogen and oxygen atoms in total. The van der Waals surface area contributed by atoms with Gasteiger partial charge in [-0.15, -0.1) is 0 Å². The van der Waals surface area contributed by atoms with Crippen molar-refractivity contribution < 1.29 is 18.9 Å². The van der Waals surface area contributed by atoms with E-state index in [1.54, 1.807) is 58.5 Å². The zero-order valence-electron chi connectivity index (χ0n) is 15.8. The number of ketones is 1. The quantitative estimate of drug-likeness (QED) is 0.215. The first kappa shape index (κ1) is 22.5. The van der Waals surface area contributed by atoms with Gasteiger partial charge in [0.25, 0.3) is 0 Å². The highest BCUT2D eigenvalue weighted by atomic mass is 35.5. The Labute approximate surface area is 177 Å². The largest absolute Gasteiger partial charge is 0.460 e. The van der Waals surface area contributed by atoms with E-state index in [0.717, 1.165) is 11.1 Å². The maximum Gasteiger partial charge on any atom is 0.321 e. The molecule has 0 bridgehead atoms. The van der Waals surface area contributed by atoms with Crippen molar-refractivity contribution in [3.05, 3.63) is 106 Å². The van der Waals surface area contributed by atoms with E-state index in [1.807, 2.05) is 36.4 Å². The van der Waals surface area contributed by atoms with Gasteiger partial charge in [-0.3, -0.25) is 14.2 Å². The van der Waals surface area contributed by atoms with Crippen molar-refractivity contribution in [2.45, 2.75) is 19.4 Å². The summed E-state index contributed by atoms with van der Waals surface area (Å²) in [7, 11) is 1.72. The second-order valence-electron chi connectivity index (χ2n) is 6.23. The van der Waals surface area contributed by atoms with E-state index in [0.29, 0.717) is 16.1 Å². The molecule has 0 saturated heterocycles. The average molecular weight is 427 g/mol. The van der Waals surface area contributed by atoms with E-state index in [1.165, 1.54) is 0 Å². The molecule has 0 spiro atoms. The fraction of sp³-hybridized carbons (Fsp3) is 0.130. The molecule has 0 aromatic heterocycles. The van der Waals surface area contributed by atoms with Crippen molar-refractivity contribution in [1.82, 2.24) is 0 Å². The lowest BCUT2D eigenvalue weighted by molar-refractivity contribution is -0.145. The lowest BCUT2D eigenvalue weighted by atomic mass is 9.89. The third-order valence-corrected chi connectivity index (χ3v) is 4.64. The van der Waals surface area contributed by atoms with Gasteiger partial charge in [-0.25, -0.2) is 0 Å². The minimum atomic E-state index is -1.06. The summed E-state index contributed by atoms with van der Waals surface area (Å²) < 4.78 is 13.5. The van der Waals surface area contributed by atoms with Crippen LogP contribution >= 0.6 is 20.7 Å². The van der Waals surface area contributed by atoms with Crippen LogP contribution in [0.15, 0.2) is 78.9 Å². The topological polar surface area (TPSA) is 60.4 Å². The average Bonchev–Trinajstić information content (AvgIpc) is 2.75. The van der Waals surface area contributed by atoms with Crippen molar-refractivity contribution in [1.29, 1.82) is 0 Å². The minimum Gasteiger partial charge on any atom is -0.460 e. The van der Waals surface area contributed by atoms with Crippen LogP contribution in [0.3, 0.4) is 0 Å². The van der Waals surface area contributed by atoms with Crippen LogP contribution in [0.2, 0.25) is 5.02 Å². The maximum absolute atomic E-state index is 13.3. The molecule has 1 unspecified atom stereocenters. The van der Waals surface area contributed by atoms with E-state index in [-0.39, 0.29) is 12.4 Å². The second-order valence-corrected chi connectivity index (χ2v) is 6.64. The monoisotopic (exact) mass is 426 g/mol. The summed E-state index contributed by atoms with van der Waals surface area (Å²) >= 11 is 6.26. The van der Waals surface area contributed by atoms with Crippen LogP contribution in [0.25, 0.3) is 0 Å². The number of hydrogen-bond acceptors (Lipinski definition) is 4. The highest BCUT2D eigenvalue weighted by Gasteiger charge is 2.32. The van der Waals surface area contributed by atoms with Crippen LogP contribution in [0.4, 0.5) is 0 Å². The molecule has 0 aliphatic carbocycles. The second kappa shape index (κ2) is 11.3. The van der Waals surface area contributed by atoms with Crippen molar-refractivity contribution >= 4 is 32.5 Å². The summed E-state index contributed by atoms with van der Waals surface area (Å²) in [4.78, 5) is 26.1. The van der Waals surface area contributed by atoms with Crippen LogP contribution in [0.1, 0.15) is 33.0 Å². The van der Waals surface area contributed by atoms with Gasteiger partial charge in [0.1, 0.15) is 21.6 Å². The number of aryl methyl sites for hydroxylation is 1. The van der Waals surface area contributed by atoms with Crippen molar-refractivity contribution in [2.24, 2.45) is 0 Å². The van der Waals surface area contributed by atoms with E-state index < -0.39 is 11.9 Å². The number of halogens is 1. The molecule has 0 saturated carbocycles. The van der Waals surface area contributed by atoms with E-state index in [2.05, 4.69) is 0 Å². The van der Waals surface area contributed by atoms with Crippen LogP contribution in [0, 0.1) is 6.92 Å². The molecule has 148 valence electrons. The summed E-state index contributed by atoms with van der Waals surface area (Å²) in [6, 6.07) is 23.5. The molecule has 3 aromatic rings. The molecule has 0 aliphatic rings. The molecular formula is C23H20ClO4P. The summed E-state index contributed by atoms with van der Waals surface area (Å²) in [6.45, 7) is 1.91. The first-order chi connectivity index (χ1) is 14.1. The van der Waals surface area contributed by atoms with Crippen LogP contribution in [0.5, 0.6) is 0 Å². The lowest BCUT2D eigenvalue weighted by Gasteiger charge is -2.17. The Bertz CT molecular complexity index is 941. The fourth-order valence-electron chi connectivity index (χ4n) is 2.94. The van der Waals surface area contributed by atoms with Crippen molar-refractivity contribution in [2.75, 3.05) is 0 Å². The number of rotatable bonds is 6. The molecule has 0 N–H and O–H groups in total. The molecule has 3 aromatic carbocycles. The Morgan fingerprint density at radius 2 is 1.48 bits per heavy atom. The molecule has 0 aliphatic heterocycles. The van der Waals surface area contributed by atoms with Crippen molar-refractivity contribution in [3.63, 3.8) is 0 Å². The molecule has 1 atom stereocenters. The van der Waals surface area contributed by atoms with Crippen LogP contribution < -0.4 is 0 Å². The third-order valence-electron chi connectivity index (χ3n) is 4.32. The van der Waals surface area contributed by atoms with Gasteiger partial charge in [-0.05, 0) is 29.7 Å². The Hall–Kier alpha value is -2.81. The molecule has 0 heterocycles. The molecular weight excluding hydrogens is 407 g/mol. The SMILES string of the molecule is Cc1cccc(Cl)c1C(=O)C(C(=O)OCc1ccccc1)c1ccccc1.O=P. The summed E-state index contributed by atoms with van der Waals surface area (Å²) in [5.74, 6) is -2.01. The minimum absolute atomic E-state index is 0.109. The van der Waals surface area contributed by atoms with E-state index in [4.69, 9.17) is 20.9 Å². The number of benzene rings is 3. The number of Topliss-reactive ketones (excluding diaryl/α,β-unsaturated/α-hetero) is 1. The Kier molecular flexibility index (Phi) is 8.72. The molecule has 0 fully saturated rings. The van der Waals surface area contributed by atoms with E-state index in [9.17, 15) is 9.59 Å². The van der Waals surface area contributed by atoms with Gasteiger partial charge in [-0.2, -0.15) is 0 Å². The summed E-state index contributed by atoms with van der Waals surface area (Å²) in [5, 5.41) is 0.330. The summed E-state index contributed by atoms with van der Waals surface area (Å²) in [6.07, 6.45) is 0. The standard InChI is InChI=1S/C23H19ClO3.HOP/c1-16-9-8-14-19(24)20(16)22(25)21(18-12-6-3-7-13-18)23(26)27-15-17-10-4-2-5-11-17;1-2/h2-14,21H,15H2,1H3;2H. The molecule has 29 heavy (non-hydrogen) atoms. The highest BCUT2D eigenvalue weighted by Crippen LogP contribution is 2.29. The first-order valence-corrected chi connectivity index (χ1v) is 9.62. The number of hydrogen-bond donors (Lipinski definition) is 0. The lowest BCUT2D eigenvalue weighted by Crippen LogP contribution is -2.25. The molecule has 0 amide bonds. The third kappa shape index (κ3) is 5.83. The zero-order chi connectivity index (χ0) is 21.2. The molecule has 6 heteroatoms. The smallest absolute Gasteiger partial charge is 0.321 e. The Morgan fingerprint density at radius 1 is 0.897 bits per heavy atom. The van der Waals surface area contributed by atoms with Gasteiger partial charge in [0, 0.05) is 5.56 Å². The Morgan fingerprint density at radius 3 is 2.07 bits per heavy atom. The van der Waals surface area contributed by atoms with Crippen LogP contribution in [-0.2, 0) is 20.7 Å². The van der Waals surface area contributed by atoms with E-state index >= 15 is 0 Å². The highest BCUT2D eigenvalue weighted by molar-refractivity contribution is 7.00.